The molecule has 2 heteroatoms. The maximum Gasteiger partial charge on any atom is 0.0462 e. The Bertz CT molecular complexity index is 94.5. The standard InChI is InChI=1S/C6H10O.H3N/c7-3-5-1-4-2-6(4)5;/h4-7H,1-3H2;1H3. The molecule has 0 saturated heterocycles. The molecule has 48 valence electrons. The summed E-state index contributed by atoms with van der Waals surface area (Å²) in [6, 6.07) is 0. The third kappa shape index (κ3) is 0.565. The van der Waals surface area contributed by atoms with E-state index in [1.165, 1.54) is 12.8 Å². The highest BCUT2D eigenvalue weighted by Crippen LogP contribution is 2.59. The summed E-state index contributed by atoms with van der Waals surface area (Å²) in [6.45, 7) is 0.446. The van der Waals surface area contributed by atoms with Crippen molar-refractivity contribution in [3.8, 4) is 0 Å². The Kier molecular flexibility index (Phi) is 1.29. The van der Waals surface area contributed by atoms with Gasteiger partial charge >= 0.3 is 0 Å². The summed E-state index contributed by atoms with van der Waals surface area (Å²) in [4.78, 5) is 0. The van der Waals surface area contributed by atoms with E-state index in [9.17, 15) is 0 Å². The van der Waals surface area contributed by atoms with Crippen LogP contribution >= 0.6 is 0 Å². The van der Waals surface area contributed by atoms with Crippen LogP contribution in [0.4, 0.5) is 0 Å². The van der Waals surface area contributed by atoms with Crippen LogP contribution in [0.1, 0.15) is 12.8 Å². The van der Waals surface area contributed by atoms with E-state index in [0.29, 0.717) is 12.5 Å². The van der Waals surface area contributed by atoms with Gasteiger partial charge in [-0.2, -0.15) is 0 Å². The van der Waals surface area contributed by atoms with Gasteiger partial charge in [-0.25, -0.2) is 0 Å². The first kappa shape index (κ1) is 6.05. The molecule has 2 saturated carbocycles. The Morgan fingerprint density at radius 3 is 2.25 bits per heavy atom. The Morgan fingerprint density at radius 2 is 2.12 bits per heavy atom. The van der Waals surface area contributed by atoms with Crippen molar-refractivity contribution in [1.82, 2.24) is 6.15 Å². The predicted molar refractivity (Wildman–Crippen MR) is 31.8 cm³/mol. The molecule has 0 aromatic heterocycles. The third-order valence-electron chi connectivity index (χ3n) is 2.42. The monoisotopic (exact) mass is 115 g/mol. The number of hydrogen-bond acceptors (Lipinski definition) is 2. The van der Waals surface area contributed by atoms with Gasteiger partial charge in [0.25, 0.3) is 0 Å². The summed E-state index contributed by atoms with van der Waals surface area (Å²) >= 11 is 0. The van der Waals surface area contributed by atoms with E-state index in [2.05, 4.69) is 0 Å². The van der Waals surface area contributed by atoms with Crippen molar-refractivity contribution in [3.05, 3.63) is 0 Å². The summed E-state index contributed by atoms with van der Waals surface area (Å²) < 4.78 is 0. The Balaban J connectivity index is 0.000000320. The Labute approximate surface area is 49.5 Å². The lowest BCUT2D eigenvalue weighted by Gasteiger charge is -2.21. The first-order valence-corrected chi connectivity index (χ1v) is 3.02. The molecule has 0 aliphatic heterocycles. The van der Waals surface area contributed by atoms with E-state index in [1.807, 2.05) is 0 Å². The lowest BCUT2D eigenvalue weighted by molar-refractivity contribution is 0.150. The van der Waals surface area contributed by atoms with Crippen LogP contribution in [0.25, 0.3) is 0 Å². The second-order valence-electron chi connectivity index (χ2n) is 2.84. The molecule has 8 heavy (non-hydrogen) atoms. The summed E-state index contributed by atoms with van der Waals surface area (Å²) in [7, 11) is 0. The molecule has 0 bridgehead atoms. The number of aliphatic hydroxyl groups is 1. The minimum Gasteiger partial charge on any atom is -0.396 e. The largest absolute Gasteiger partial charge is 0.396 e. The fraction of sp³-hybridized carbons (Fsp3) is 1.00. The van der Waals surface area contributed by atoms with Gasteiger partial charge in [0, 0.05) is 6.61 Å². The van der Waals surface area contributed by atoms with Gasteiger partial charge < -0.3 is 11.3 Å². The third-order valence-corrected chi connectivity index (χ3v) is 2.42. The lowest BCUT2D eigenvalue weighted by Crippen LogP contribution is -2.18. The van der Waals surface area contributed by atoms with E-state index < -0.39 is 0 Å². The molecule has 2 fully saturated rings. The zero-order valence-electron chi connectivity index (χ0n) is 5.01. The molecule has 2 aliphatic carbocycles. The molecule has 0 amide bonds. The van der Waals surface area contributed by atoms with E-state index >= 15 is 0 Å². The van der Waals surface area contributed by atoms with Crippen molar-refractivity contribution in [2.24, 2.45) is 17.8 Å². The maximum atomic E-state index is 8.58. The zero-order valence-corrected chi connectivity index (χ0v) is 5.01. The molecule has 0 spiro atoms. The van der Waals surface area contributed by atoms with Crippen LogP contribution in [0.3, 0.4) is 0 Å². The van der Waals surface area contributed by atoms with Crippen molar-refractivity contribution in [2.75, 3.05) is 6.61 Å². The topological polar surface area (TPSA) is 55.2 Å². The minimum atomic E-state index is 0. The highest BCUT2D eigenvalue weighted by atomic mass is 16.3. The fourth-order valence-electron chi connectivity index (χ4n) is 1.70. The molecule has 0 aromatic carbocycles. The summed E-state index contributed by atoms with van der Waals surface area (Å²) in [6.07, 6.45) is 2.74. The molecule has 2 nitrogen and oxygen atoms in total. The SMILES string of the molecule is N.OCC1CC2CC12. The van der Waals surface area contributed by atoms with E-state index in [-0.39, 0.29) is 6.15 Å². The van der Waals surface area contributed by atoms with E-state index in [4.69, 9.17) is 5.11 Å². The smallest absolute Gasteiger partial charge is 0.0462 e. The quantitative estimate of drug-likeness (QED) is 0.531. The number of fused-ring (bicyclic) bond motifs is 1. The van der Waals surface area contributed by atoms with Gasteiger partial charge in [-0.15, -0.1) is 0 Å². The molecule has 2 aliphatic rings. The summed E-state index contributed by atoms with van der Waals surface area (Å²) in [5, 5.41) is 8.58. The van der Waals surface area contributed by atoms with Crippen LogP contribution in [-0.2, 0) is 0 Å². The lowest BCUT2D eigenvalue weighted by atomic mass is 9.86. The van der Waals surface area contributed by atoms with Gasteiger partial charge in [-0.1, -0.05) is 0 Å². The van der Waals surface area contributed by atoms with Crippen molar-refractivity contribution in [1.29, 1.82) is 0 Å². The Morgan fingerprint density at radius 1 is 1.38 bits per heavy atom. The van der Waals surface area contributed by atoms with Crippen LogP contribution < -0.4 is 6.15 Å². The van der Waals surface area contributed by atoms with Crippen LogP contribution in [0.5, 0.6) is 0 Å². The first-order chi connectivity index (χ1) is 3.42. The van der Waals surface area contributed by atoms with E-state index in [1.54, 1.807) is 0 Å². The van der Waals surface area contributed by atoms with Crippen LogP contribution in [0.2, 0.25) is 0 Å². The summed E-state index contributed by atoms with van der Waals surface area (Å²) in [5.41, 5.74) is 0. The van der Waals surface area contributed by atoms with Crippen molar-refractivity contribution >= 4 is 0 Å². The average molecular weight is 115 g/mol. The fourth-order valence-corrected chi connectivity index (χ4v) is 1.70. The normalized spacial score (nSPS) is 48.4. The molecule has 4 N–H and O–H groups in total. The molecular weight excluding hydrogens is 102 g/mol. The second-order valence-corrected chi connectivity index (χ2v) is 2.84. The van der Waals surface area contributed by atoms with E-state index in [0.717, 1.165) is 11.8 Å². The van der Waals surface area contributed by atoms with Gasteiger partial charge in [0.1, 0.15) is 0 Å². The molecule has 2 rings (SSSR count). The molecule has 0 aromatic rings. The van der Waals surface area contributed by atoms with Crippen LogP contribution in [-0.4, -0.2) is 11.7 Å². The molecule has 0 heterocycles. The van der Waals surface area contributed by atoms with Crippen LogP contribution in [0, 0.1) is 17.8 Å². The van der Waals surface area contributed by atoms with Crippen LogP contribution in [0.15, 0.2) is 0 Å². The van der Waals surface area contributed by atoms with Gasteiger partial charge in [0.05, 0.1) is 0 Å². The summed E-state index contributed by atoms with van der Waals surface area (Å²) in [5.74, 6) is 2.73. The number of hydrogen-bond donors (Lipinski definition) is 2. The van der Waals surface area contributed by atoms with Gasteiger partial charge in [0.2, 0.25) is 0 Å². The molecule has 3 atom stereocenters. The molecular formula is C6H13NO. The van der Waals surface area contributed by atoms with Crippen molar-refractivity contribution < 1.29 is 5.11 Å². The molecule has 3 unspecified atom stereocenters. The first-order valence-electron chi connectivity index (χ1n) is 3.02. The minimum absolute atomic E-state index is 0. The predicted octanol–water partition coefficient (Wildman–Crippen LogP) is 0.797. The highest BCUT2D eigenvalue weighted by molar-refractivity contribution is 5.01. The molecule has 0 radical (unpaired) electrons. The average Bonchev–Trinajstić information content (AvgIpc) is 2.18. The highest BCUT2D eigenvalue weighted by Gasteiger charge is 2.52. The number of rotatable bonds is 1. The maximum absolute atomic E-state index is 8.58. The van der Waals surface area contributed by atoms with Crippen molar-refractivity contribution in [3.63, 3.8) is 0 Å². The Hall–Kier alpha value is -0.0800. The van der Waals surface area contributed by atoms with Crippen molar-refractivity contribution in [2.45, 2.75) is 12.8 Å². The number of aliphatic hydroxyl groups excluding tert-OH is 1. The van der Waals surface area contributed by atoms with Gasteiger partial charge in [0.15, 0.2) is 0 Å². The zero-order chi connectivity index (χ0) is 4.85. The van der Waals surface area contributed by atoms with Gasteiger partial charge in [-0.3, -0.25) is 0 Å². The second kappa shape index (κ2) is 1.71. The van der Waals surface area contributed by atoms with Gasteiger partial charge in [-0.05, 0) is 30.6 Å².